The molecule has 4 aromatic rings. The van der Waals surface area contributed by atoms with Crippen LogP contribution >= 0.6 is 23.7 Å². The fourth-order valence-electron chi connectivity index (χ4n) is 8.72. The van der Waals surface area contributed by atoms with E-state index in [1.165, 1.54) is 23.9 Å². The molecule has 0 saturated carbocycles. The quantitative estimate of drug-likeness (QED) is 0.0205. The zero-order valence-electron chi connectivity index (χ0n) is 42.1. The van der Waals surface area contributed by atoms with Crippen LogP contribution in [0.4, 0.5) is 28.9 Å². The molecule has 1 atom stereocenters. The number of thioether (sulfide) groups is 1. The van der Waals surface area contributed by atoms with Crippen LogP contribution in [0, 0.1) is 6.92 Å². The Kier molecular flexibility index (Phi) is 21.1. The summed E-state index contributed by atoms with van der Waals surface area (Å²) < 4.78 is 85.8. The van der Waals surface area contributed by atoms with Gasteiger partial charge in [0.1, 0.15) is 11.6 Å². The molecule has 3 aromatic carbocycles. The van der Waals surface area contributed by atoms with E-state index in [1.807, 2.05) is 92.2 Å². The van der Waals surface area contributed by atoms with E-state index in [4.69, 9.17) is 0 Å². The summed E-state index contributed by atoms with van der Waals surface area (Å²) in [6, 6.07) is 21.5. The summed E-state index contributed by atoms with van der Waals surface area (Å²) in [7, 11) is -1.58. The van der Waals surface area contributed by atoms with Gasteiger partial charge in [-0.25, -0.2) is 12.8 Å². The Morgan fingerprint density at radius 3 is 2.27 bits per heavy atom. The van der Waals surface area contributed by atoms with Gasteiger partial charge in [-0.05, 0) is 112 Å². The first kappa shape index (κ1) is 56.8. The van der Waals surface area contributed by atoms with Gasteiger partial charge in [0, 0.05) is 117 Å². The van der Waals surface area contributed by atoms with Gasteiger partial charge in [-0.15, -0.1) is 11.8 Å². The van der Waals surface area contributed by atoms with Gasteiger partial charge in [-0.1, -0.05) is 79.9 Å². The summed E-state index contributed by atoms with van der Waals surface area (Å²) in [5.74, 6) is 0.355. The van der Waals surface area contributed by atoms with Crippen LogP contribution in [0.1, 0.15) is 35.1 Å². The van der Waals surface area contributed by atoms with Gasteiger partial charge in [-0.2, -0.15) is 13.2 Å². The van der Waals surface area contributed by atoms with Crippen molar-refractivity contribution in [3.05, 3.63) is 157 Å². The first-order chi connectivity index (χ1) is 35.1. The molecule has 2 aliphatic rings. The predicted octanol–water partition coefficient (Wildman–Crippen LogP) is 10.4. The molecule has 0 aliphatic carbocycles. The lowest BCUT2D eigenvalue weighted by Crippen LogP contribution is -2.45. The third kappa shape index (κ3) is 15.3. The van der Waals surface area contributed by atoms with Crippen molar-refractivity contribution in [2.45, 2.75) is 46.5 Å². The van der Waals surface area contributed by atoms with Crippen LogP contribution in [-0.4, -0.2) is 137 Å². The molecule has 18 heteroatoms. The predicted molar refractivity (Wildman–Crippen MR) is 295 cm³/mol. The van der Waals surface area contributed by atoms with Crippen LogP contribution in [0.5, 0.6) is 0 Å². The molecule has 0 bridgehead atoms. The molecular weight excluding hydrogens is 993 g/mol. The summed E-state index contributed by atoms with van der Waals surface area (Å²) >= 11 is 2.55. The third-order valence-electron chi connectivity index (χ3n) is 12.7. The Balaban J connectivity index is 1.12. The molecule has 1 unspecified atom stereocenters. The second-order valence-electron chi connectivity index (χ2n) is 17.8. The number of carbonyl (C=O) groups is 1. The number of nitrogens with one attached hydrogen (secondary N) is 3. The van der Waals surface area contributed by atoms with E-state index in [9.17, 15) is 30.8 Å². The van der Waals surface area contributed by atoms with Crippen LogP contribution in [0.3, 0.4) is 0 Å². The molecule has 2 fully saturated rings. The Morgan fingerprint density at radius 2 is 1.59 bits per heavy atom. The summed E-state index contributed by atoms with van der Waals surface area (Å²) in [5, 5.41) is 6.10. The number of rotatable bonds is 24. The lowest BCUT2D eigenvalue weighted by molar-refractivity contribution is -0.0435. The molecule has 11 nitrogen and oxygen atoms in total. The van der Waals surface area contributed by atoms with Gasteiger partial charge in [0.25, 0.3) is 15.7 Å². The molecule has 392 valence electrons. The monoisotopic (exact) mass is 1060 g/mol. The first-order valence-corrected chi connectivity index (χ1v) is 27.7. The highest BCUT2D eigenvalue weighted by Gasteiger charge is 2.48. The van der Waals surface area contributed by atoms with E-state index < -0.39 is 26.9 Å². The van der Waals surface area contributed by atoms with Gasteiger partial charge < -0.3 is 34.8 Å². The molecule has 0 radical (unpaired) electrons. The second-order valence-corrected chi connectivity index (χ2v) is 21.8. The van der Waals surface area contributed by atoms with Crippen molar-refractivity contribution in [2.24, 2.45) is 7.05 Å². The molecule has 3 heterocycles. The van der Waals surface area contributed by atoms with Crippen molar-refractivity contribution in [3.8, 4) is 11.1 Å². The third-order valence-corrected chi connectivity index (χ3v) is 16.3. The molecule has 3 N–H and O–H groups in total. The fraction of sp³-hybridized carbons (Fsp3) is 0.364. The highest BCUT2D eigenvalue weighted by Crippen LogP contribution is 2.39. The molecule has 2 aliphatic heterocycles. The van der Waals surface area contributed by atoms with Crippen LogP contribution < -0.4 is 20.3 Å². The largest absolute Gasteiger partial charge is 0.501 e. The second kappa shape index (κ2) is 27.2. The number of anilines is 2. The lowest BCUT2D eigenvalue weighted by atomic mass is 9.95. The van der Waals surface area contributed by atoms with E-state index in [0.29, 0.717) is 48.9 Å². The number of hydrogen-bond acceptors (Lipinski definition) is 11. The SMILES string of the molecule is C=C/C=C(\C=C/CF)c1c(-c2cccc(N3CCN(C(/C=C\C(C)NSc4ccc(NCCSc5ccccc5)c(S(=O)(=O)C(F)(F)F)c4)=C/C=C)CC3)c2)c(C(=O)NCCCN2CCN(C)CC2)c(C)n1C. The maximum absolute atomic E-state index is 14.2. The van der Waals surface area contributed by atoms with Gasteiger partial charge in [0.2, 0.25) is 0 Å². The summed E-state index contributed by atoms with van der Waals surface area (Å²) in [4.78, 5) is 24.1. The Morgan fingerprint density at radius 1 is 0.863 bits per heavy atom. The number of likely N-dealkylation sites (N-methyl/N-ethyl adjacent to an activating group) is 1. The van der Waals surface area contributed by atoms with Crippen molar-refractivity contribution in [3.63, 3.8) is 0 Å². The number of hydrogen-bond donors (Lipinski definition) is 3. The molecule has 1 aromatic heterocycles. The molecular formula is C55H68F4N8O3S3. The molecule has 1 amide bonds. The van der Waals surface area contributed by atoms with E-state index in [2.05, 4.69) is 67.3 Å². The average molecular weight is 1060 g/mol. The lowest BCUT2D eigenvalue weighted by Gasteiger charge is -2.38. The van der Waals surface area contributed by atoms with Crippen molar-refractivity contribution < 1.29 is 30.8 Å². The number of piperazine rings is 2. The summed E-state index contributed by atoms with van der Waals surface area (Å²) in [5.41, 5.74) is 0.846. The smallest absolute Gasteiger partial charge is 0.383 e. The zero-order chi connectivity index (χ0) is 52.5. The van der Waals surface area contributed by atoms with E-state index in [-0.39, 0.29) is 24.2 Å². The number of halogens is 4. The number of nitrogens with zero attached hydrogens (tertiary/aromatic N) is 5. The first-order valence-electron chi connectivity index (χ1n) is 24.4. The van der Waals surface area contributed by atoms with Crippen LogP contribution in [0.2, 0.25) is 0 Å². The van der Waals surface area contributed by atoms with Gasteiger partial charge >= 0.3 is 5.51 Å². The number of aromatic nitrogens is 1. The minimum Gasteiger partial charge on any atom is -0.383 e. The Labute approximate surface area is 437 Å². The fourth-order valence-corrected chi connectivity index (χ4v) is 11.3. The molecule has 73 heavy (non-hydrogen) atoms. The Bertz CT molecular complexity index is 2740. The van der Waals surface area contributed by atoms with Crippen molar-refractivity contribution >= 4 is 56.4 Å². The number of sulfone groups is 1. The molecule has 6 rings (SSSR count). The van der Waals surface area contributed by atoms with Gasteiger partial charge in [0.05, 0.1) is 16.9 Å². The number of allylic oxidation sites excluding steroid dienone is 8. The van der Waals surface area contributed by atoms with Gasteiger partial charge in [-0.3, -0.25) is 9.52 Å². The van der Waals surface area contributed by atoms with Crippen LogP contribution in [0.25, 0.3) is 16.7 Å². The molecule has 0 spiro atoms. The summed E-state index contributed by atoms with van der Waals surface area (Å²) in [6.07, 6.45) is 15.1. The van der Waals surface area contributed by atoms with Crippen molar-refractivity contribution in [1.29, 1.82) is 0 Å². The van der Waals surface area contributed by atoms with E-state index >= 15 is 0 Å². The number of benzene rings is 3. The normalized spacial score (nSPS) is 16.1. The number of alkyl halides is 4. The van der Waals surface area contributed by atoms with Crippen LogP contribution in [0.15, 0.2) is 155 Å². The van der Waals surface area contributed by atoms with E-state index in [0.717, 1.165) is 102 Å². The van der Waals surface area contributed by atoms with Crippen molar-refractivity contribution in [1.82, 2.24) is 29.3 Å². The summed E-state index contributed by atoms with van der Waals surface area (Å²) in [6.45, 7) is 19.6. The average Bonchev–Trinajstić information content (AvgIpc) is 3.65. The minimum absolute atomic E-state index is 0.110. The Hall–Kier alpha value is -5.50. The van der Waals surface area contributed by atoms with E-state index in [1.54, 1.807) is 24.3 Å². The highest BCUT2D eigenvalue weighted by molar-refractivity contribution is 7.99. The maximum Gasteiger partial charge on any atom is 0.501 e. The van der Waals surface area contributed by atoms with Gasteiger partial charge in [0.15, 0.2) is 0 Å². The topological polar surface area (TPSA) is 105 Å². The highest BCUT2D eigenvalue weighted by atomic mass is 32.2. The number of carbonyl (C=O) groups excluding carboxylic acids is 1. The van der Waals surface area contributed by atoms with Crippen molar-refractivity contribution in [2.75, 3.05) is 102 Å². The number of amides is 1. The molecule has 2 saturated heterocycles. The van der Waals surface area contributed by atoms with Crippen LogP contribution in [-0.2, 0) is 16.9 Å². The zero-order valence-corrected chi connectivity index (χ0v) is 44.6. The standard InChI is InChI=1S/C55H68F4N8O3S3/c1-7-15-43(18-13-26-56)53-52(51(42(4)64(53)6)54(68)61-27-14-29-65-32-30-63(5)31-33-65)44-17-12-19-46(39-44)67-36-34-66(35-37-67)45(16-8-2)23-22-41(3)62-72-48-24-25-49(50(40-48)73(69,70)55(57,58)59)60-28-38-71-47-20-10-9-11-21-47/h7-13,15-25,39-41,60,62H,1-2,14,26-38H2,3-6H3,(H,61,68)/b18-13-,23-22-,43-15+,45-16+. The minimum atomic E-state index is -5.64. The maximum atomic E-state index is 14.2.